The number of thiophene rings is 1. The Labute approximate surface area is 204 Å². The predicted octanol–water partition coefficient (Wildman–Crippen LogP) is 7.34. The summed E-state index contributed by atoms with van der Waals surface area (Å²) in [5.41, 5.74) is 6.09. The summed E-state index contributed by atoms with van der Waals surface area (Å²) >= 11 is 1.55. The number of pyridine rings is 1. The minimum atomic E-state index is -0.207. The highest BCUT2D eigenvalue weighted by atomic mass is 32.1. The molecule has 4 nitrogen and oxygen atoms in total. The fraction of sp³-hybridized carbons (Fsp3) is 0.276. The second-order valence-electron chi connectivity index (χ2n) is 9.47. The number of hydrogen-bond acceptors (Lipinski definition) is 4. The van der Waals surface area contributed by atoms with Gasteiger partial charge in [-0.1, -0.05) is 63.2 Å². The summed E-state index contributed by atoms with van der Waals surface area (Å²) in [6.07, 6.45) is 2.96. The van der Waals surface area contributed by atoms with E-state index in [0.717, 1.165) is 47.0 Å². The maximum Gasteiger partial charge on any atom is 0.257 e. The third kappa shape index (κ3) is 4.10. The average Bonchev–Trinajstić information content (AvgIpc) is 3.19. The molecule has 0 fully saturated rings. The van der Waals surface area contributed by atoms with Crippen LogP contribution in [-0.4, -0.2) is 10.9 Å². The Morgan fingerprint density at radius 3 is 2.68 bits per heavy atom. The molecule has 2 aromatic carbocycles. The van der Waals surface area contributed by atoms with Crippen LogP contribution in [0.4, 0.5) is 5.00 Å². The van der Waals surface area contributed by atoms with E-state index in [-0.39, 0.29) is 5.91 Å². The fourth-order valence-electron chi connectivity index (χ4n) is 4.68. The van der Waals surface area contributed by atoms with E-state index in [1.807, 2.05) is 30.3 Å². The maximum absolute atomic E-state index is 13.6. The summed E-state index contributed by atoms with van der Waals surface area (Å²) < 4.78 is 0. The molecular formula is C29H27N3OS. The van der Waals surface area contributed by atoms with Crippen LogP contribution in [-0.2, 0) is 12.8 Å². The van der Waals surface area contributed by atoms with Gasteiger partial charge in [-0.3, -0.25) is 4.79 Å². The van der Waals surface area contributed by atoms with Crippen LogP contribution in [0.3, 0.4) is 0 Å². The van der Waals surface area contributed by atoms with Gasteiger partial charge in [0.15, 0.2) is 0 Å². The van der Waals surface area contributed by atoms with Gasteiger partial charge < -0.3 is 5.32 Å². The van der Waals surface area contributed by atoms with Crippen molar-refractivity contribution in [3.63, 3.8) is 0 Å². The molecule has 2 aromatic heterocycles. The monoisotopic (exact) mass is 465 g/mol. The van der Waals surface area contributed by atoms with Gasteiger partial charge >= 0.3 is 0 Å². The Bertz CT molecular complexity index is 1430. The summed E-state index contributed by atoms with van der Waals surface area (Å²) in [6.45, 7) is 6.58. The first-order valence-corrected chi connectivity index (χ1v) is 12.6. The summed E-state index contributed by atoms with van der Waals surface area (Å²) in [7, 11) is 0. The molecule has 1 N–H and O–H groups in total. The molecule has 0 radical (unpaired) electrons. The van der Waals surface area contributed by atoms with Crippen molar-refractivity contribution in [1.29, 1.82) is 5.26 Å². The average molecular weight is 466 g/mol. The van der Waals surface area contributed by atoms with Gasteiger partial charge in [0.2, 0.25) is 0 Å². The molecule has 0 bridgehead atoms. The molecule has 1 aliphatic rings. The Morgan fingerprint density at radius 1 is 1.18 bits per heavy atom. The number of nitriles is 1. The molecule has 0 unspecified atom stereocenters. The normalized spacial score (nSPS) is 15.2. The Hall–Kier alpha value is -3.49. The SMILES string of the molecule is CC(C)c1ccc(-c2cc(C(=O)Nc3sc4c(c3C#N)CC[C@@H](C)C4)c3ccccc3n2)cc1. The number of para-hydroxylation sites is 1. The zero-order chi connectivity index (χ0) is 23.8. The van der Waals surface area contributed by atoms with Crippen LogP contribution in [0.15, 0.2) is 54.6 Å². The first kappa shape index (κ1) is 22.3. The lowest BCUT2D eigenvalue weighted by atomic mass is 9.88. The molecule has 5 rings (SSSR count). The fourth-order valence-corrected chi connectivity index (χ4v) is 6.03. The van der Waals surface area contributed by atoms with Gasteiger partial charge in [-0.05, 0) is 54.4 Å². The molecule has 0 saturated heterocycles. The van der Waals surface area contributed by atoms with Crippen LogP contribution in [0.1, 0.15) is 65.0 Å². The highest BCUT2D eigenvalue weighted by Gasteiger charge is 2.25. The van der Waals surface area contributed by atoms with Gasteiger partial charge in [0, 0.05) is 15.8 Å². The van der Waals surface area contributed by atoms with E-state index in [1.165, 1.54) is 10.4 Å². The van der Waals surface area contributed by atoms with E-state index in [9.17, 15) is 10.1 Å². The summed E-state index contributed by atoms with van der Waals surface area (Å²) in [5, 5.41) is 14.4. The molecule has 5 heteroatoms. The quantitative estimate of drug-likeness (QED) is 0.343. The van der Waals surface area contributed by atoms with Gasteiger partial charge in [0.25, 0.3) is 5.91 Å². The Kier molecular flexibility index (Phi) is 5.93. The van der Waals surface area contributed by atoms with E-state index in [4.69, 9.17) is 4.98 Å². The van der Waals surface area contributed by atoms with Crippen LogP contribution < -0.4 is 5.32 Å². The molecule has 1 atom stereocenters. The van der Waals surface area contributed by atoms with Crippen LogP contribution in [0.25, 0.3) is 22.2 Å². The van der Waals surface area contributed by atoms with E-state index in [1.54, 1.807) is 11.3 Å². The van der Waals surface area contributed by atoms with Crippen molar-refractivity contribution >= 4 is 33.1 Å². The first-order chi connectivity index (χ1) is 16.4. The van der Waals surface area contributed by atoms with Gasteiger partial charge in [-0.15, -0.1) is 11.3 Å². The van der Waals surface area contributed by atoms with Crippen LogP contribution in [0, 0.1) is 17.2 Å². The minimum Gasteiger partial charge on any atom is -0.312 e. The molecule has 1 aliphatic carbocycles. The standard InChI is InChI=1S/C29H27N3OS/c1-17(2)19-9-11-20(12-10-19)26-15-23(21-6-4-5-7-25(21)31-26)28(33)32-29-24(16-30)22-13-8-18(3)14-27(22)34-29/h4-7,9-12,15,17-18H,8,13-14H2,1-3H3,(H,32,33)/t18-/m1/s1. The van der Waals surface area contributed by atoms with E-state index in [0.29, 0.717) is 28.0 Å². The topological polar surface area (TPSA) is 65.8 Å². The number of carbonyl (C=O) groups is 1. The number of nitrogens with zero attached hydrogens (tertiary/aromatic N) is 2. The highest BCUT2D eigenvalue weighted by molar-refractivity contribution is 7.16. The van der Waals surface area contributed by atoms with Crippen LogP contribution in [0.2, 0.25) is 0 Å². The number of carbonyl (C=O) groups excluding carboxylic acids is 1. The second kappa shape index (κ2) is 9.04. The Morgan fingerprint density at radius 2 is 1.94 bits per heavy atom. The third-order valence-electron chi connectivity index (χ3n) is 6.68. The Balaban J connectivity index is 1.55. The zero-order valence-electron chi connectivity index (χ0n) is 19.7. The number of hydrogen-bond donors (Lipinski definition) is 1. The van der Waals surface area contributed by atoms with Gasteiger partial charge in [0.05, 0.1) is 22.3 Å². The van der Waals surface area contributed by atoms with Crippen molar-refractivity contribution < 1.29 is 4.79 Å². The van der Waals surface area contributed by atoms with Gasteiger partial charge in [-0.25, -0.2) is 4.98 Å². The molecule has 0 spiro atoms. The lowest BCUT2D eigenvalue weighted by Crippen LogP contribution is -2.13. The number of amides is 1. The third-order valence-corrected chi connectivity index (χ3v) is 7.85. The number of rotatable bonds is 4. The summed E-state index contributed by atoms with van der Waals surface area (Å²) in [5.74, 6) is 0.853. The van der Waals surface area contributed by atoms with E-state index in [2.05, 4.69) is 56.4 Å². The smallest absolute Gasteiger partial charge is 0.257 e. The van der Waals surface area contributed by atoms with Crippen molar-refractivity contribution in [2.45, 2.75) is 46.0 Å². The molecule has 170 valence electrons. The maximum atomic E-state index is 13.6. The number of fused-ring (bicyclic) bond motifs is 2. The minimum absolute atomic E-state index is 0.207. The lowest BCUT2D eigenvalue weighted by molar-refractivity contribution is 0.102. The molecular weight excluding hydrogens is 438 g/mol. The van der Waals surface area contributed by atoms with Crippen molar-refractivity contribution in [3.8, 4) is 17.3 Å². The summed E-state index contributed by atoms with van der Waals surface area (Å²) in [6, 6.07) is 20.3. The number of anilines is 1. The van der Waals surface area contributed by atoms with E-state index >= 15 is 0 Å². The number of nitrogens with one attached hydrogen (secondary N) is 1. The van der Waals surface area contributed by atoms with Crippen molar-refractivity contribution in [3.05, 3.63) is 81.7 Å². The lowest BCUT2D eigenvalue weighted by Gasteiger charge is -2.17. The molecule has 0 aliphatic heterocycles. The largest absolute Gasteiger partial charge is 0.312 e. The molecule has 34 heavy (non-hydrogen) atoms. The molecule has 1 amide bonds. The van der Waals surface area contributed by atoms with Crippen molar-refractivity contribution in [1.82, 2.24) is 4.98 Å². The first-order valence-electron chi connectivity index (χ1n) is 11.8. The molecule has 2 heterocycles. The van der Waals surface area contributed by atoms with Gasteiger partial charge in [-0.2, -0.15) is 5.26 Å². The summed E-state index contributed by atoms with van der Waals surface area (Å²) in [4.78, 5) is 19.6. The van der Waals surface area contributed by atoms with E-state index < -0.39 is 0 Å². The predicted molar refractivity (Wildman–Crippen MR) is 139 cm³/mol. The molecule has 0 saturated carbocycles. The highest BCUT2D eigenvalue weighted by Crippen LogP contribution is 2.39. The number of aromatic nitrogens is 1. The van der Waals surface area contributed by atoms with Crippen molar-refractivity contribution in [2.75, 3.05) is 5.32 Å². The van der Waals surface area contributed by atoms with Crippen molar-refractivity contribution in [2.24, 2.45) is 5.92 Å². The zero-order valence-corrected chi connectivity index (χ0v) is 20.5. The van der Waals surface area contributed by atoms with Crippen LogP contribution in [0.5, 0.6) is 0 Å². The number of benzene rings is 2. The van der Waals surface area contributed by atoms with Gasteiger partial charge in [0.1, 0.15) is 11.1 Å². The van der Waals surface area contributed by atoms with Crippen LogP contribution >= 0.6 is 11.3 Å². The second-order valence-corrected chi connectivity index (χ2v) is 10.6. The molecule has 4 aromatic rings.